The van der Waals surface area contributed by atoms with Crippen LogP contribution < -0.4 is 5.73 Å². The molecule has 0 spiro atoms. The second kappa shape index (κ2) is 7.30. The van der Waals surface area contributed by atoms with Crippen molar-refractivity contribution in [3.63, 3.8) is 0 Å². The van der Waals surface area contributed by atoms with E-state index in [2.05, 4.69) is 20.8 Å². The number of nitrogens with two attached hydrogens (primary N) is 1. The van der Waals surface area contributed by atoms with Crippen molar-refractivity contribution in [1.82, 2.24) is 0 Å². The van der Waals surface area contributed by atoms with Gasteiger partial charge in [-0.2, -0.15) is 0 Å². The van der Waals surface area contributed by atoms with Crippen LogP contribution in [-0.2, 0) is 9.47 Å². The van der Waals surface area contributed by atoms with Crippen LogP contribution >= 0.6 is 0 Å². The van der Waals surface area contributed by atoms with Gasteiger partial charge in [0.15, 0.2) is 0 Å². The lowest BCUT2D eigenvalue weighted by Gasteiger charge is -2.21. The van der Waals surface area contributed by atoms with Gasteiger partial charge >= 0.3 is 0 Å². The lowest BCUT2D eigenvalue weighted by Crippen LogP contribution is -2.29. The van der Waals surface area contributed by atoms with Gasteiger partial charge in [-0.15, -0.1) is 0 Å². The van der Waals surface area contributed by atoms with E-state index >= 15 is 0 Å². The molecule has 0 heterocycles. The van der Waals surface area contributed by atoms with E-state index in [1.54, 1.807) is 0 Å². The first-order valence-electron chi connectivity index (χ1n) is 4.98. The van der Waals surface area contributed by atoms with E-state index in [4.69, 9.17) is 15.2 Å². The lowest BCUT2D eigenvalue weighted by molar-refractivity contribution is 0.0172. The van der Waals surface area contributed by atoms with Gasteiger partial charge in [0.2, 0.25) is 0 Å². The van der Waals surface area contributed by atoms with Gasteiger partial charge in [0.25, 0.3) is 0 Å². The van der Waals surface area contributed by atoms with Gasteiger partial charge < -0.3 is 15.2 Å². The molecule has 0 saturated carbocycles. The summed E-state index contributed by atoms with van der Waals surface area (Å²) in [6, 6.07) is 0. The molecule has 0 radical (unpaired) electrons. The molecule has 0 aliphatic heterocycles. The zero-order chi connectivity index (χ0) is 10.2. The third-order valence-electron chi connectivity index (χ3n) is 1.77. The molecule has 3 heteroatoms. The van der Waals surface area contributed by atoms with Crippen molar-refractivity contribution in [3.8, 4) is 0 Å². The highest BCUT2D eigenvalue weighted by Crippen LogP contribution is 2.12. The van der Waals surface area contributed by atoms with Crippen LogP contribution in [0.15, 0.2) is 0 Å². The summed E-state index contributed by atoms with van der Waals surface area (Å²) in [5.74, 6) is 0. The highest BCUT2D eigenvalue weighted by atomic mass is 16.5. The van der Waals surface area contributed by atoms with Gasteiger partial charge in [-0.05, 0) is 13.0 Å². The van der Waals surface area contributed by atoms with E-state index < -0.39 is 0 Å². The first-order valence-corrected chi connectivity index (χ1v) is 4.98. The molecule has 2 N–H and O–H groups in total. The Morgan fingerprint density at radius 2 is 1.69 bits per heavy atom. The molecule has 0 saturated heterocycles. The summed E-state index contributed by atoms with van der Waals surface area (Å²) in [4.78, 5) is 0. The Labute approximate surface area is 81.6 Å². The van der Waals surface area contributed by atoms with Crippen molar-refractivity contribution in [2.24, 2.45) is 11.1 Å². The molecule has 0 bridgehead atoms. The van der Waals surface area contributed by atoms with E-state index in [-0.39, 0.29) is 5.41 Å². The van der Waals surface area contributed by atoms with Crippen molar-refractivity contribution >= 4 is 0 Å². The largest absolute Gasteiger partial charge is 0.379 e. The third kappa shape index (κ3) is 8.22. The van der Waals surface area contributed by atoms with Crippen LogP contribution in [0, 0.1) is 5.41 Å². The fourth-order valence-electron chi connectivity index (χ4n) is 0.772. The molecule has 0 aliphatic carbocycles. The maximum atomic E-state index is 5.56. The molecule has 3 nitrogen and oxygen atoms in total. The van der Waals surface area contributed by atoms with E-state index in [9.17, 15) is 0 Å². The highest BCUT2D eigenvalue weighted by Gasteiger charge is 2.14. The topological polar surface area (TPSA) is 44.5 Å². The van der Waals surface area contributed by atoms with Crippen LogP contribution in [0.4, 0.5) is 0 Å². The Morgan fingerprint density at radius 1 is 1.08 bits per heavy atom. The minimum Gasteiger partial charge on any atom is -0.379 e. The Kier molecular flexibility index (Phi) is 7.23. The van der Waals surface area contributed by atoms with Crippen LogP contribution in [0.3, 0.4) is 0 Å². The molecule has 0 atom stereocenters. The molecule has 0 unspecified atom stereocenters. The molecule has 0 aromatic carbocycles. The summed E-state index contributed by atoms with van der Waals surface area (Å²) in [5.41, 5.74) is 5.65. The van der Waals surface area contributed by atoms with Crippen LogP contribution in [0.25, 0.3) is 0 Å². The first-order chi connectivity index (χ1) is 6.12. The maximum Gasteiger partial charge on any atom is 0.0700 e. The van der Waals surface area contributed by atoms with Crippen molar-refractivity contribution in [1.29, 1.82) is 0 Å². The minimum atomic E-state index is 0.0881. The van der Waals surface area contributed by atoms with Gasteiger partial charge in [-0.3, -0.25) is 0 Å². The number of rotatable bonds is 8. The molecule has 80 valence electrons. The second-order valence-corrected chi connectivity index (χ2v) is 4.03. The molecule has 0 aromatic rings. The fourth-order valence-corrected chi connectivity index (χ4v) is 0.772. The summed E-state index contributed by atoms with van der Waals surface area (Å²) in [5, 5.41) is 0. The van der Waals surface area contributed by atoms with Crippen molar-refractivity contribution < 1.29 is 9.47 Å². The summed E-state index contributed by atoms with van der Waals surface area (Å²) in [6.07, 6.45) is 1.06. The van der Waals surface area contributed by atoms with Crippen LogP contribution in [0.5, 0.6) is 0 Å². The molecular formula is C10H23NO2. The predicted molar refractivity (Wildman–Crippen MR) is 54.8 cm³/mol. The van der Waals surface area contributed by atoms with Crippen LogP contribution in [-0.4, -0.2) is 33.0 Å². The zero-order valence-electron chi connectivity index (χ0n) is 9.14. The number of ether oxygens (including phenoxy) is 2. The molecule has 0 aromatic heterocycles. The van der Waals surface area contributed by atoms with E-state index in [0.29, 0.717) is 26.4 Å². The van der Waals surface area contributed by atoms with Crippen molar-refractivity contribution in [2.45, 2.75) is 27.2 Å². The lowest BCUT2D eigenvalue weighted by atomic mass is 9.95. The summed E-state index contributed by atoms with van der Waals surface area (Å²) in [6.45, 7) is 9.83. The Balaban J connectivity index is 3.16. The maximum absolute atomic E-state index is 5.56. The molecule has 0 rings (SSSR count). The third-order valence-corrected chi connectivity index (χ3v) is 1.77. The monoisotopic (exact) mass is 189 g/mol. The summed E-state index contributed by atoms with van der Waals surface area (Å²) < 4.78 is 10.7. The second-order valence-electron chi connectivity index (χ2n) is 4.03. The molecule has 0 aliphatic rings. The van der Waals surface area contributed by atoms with Gasteiger partial charge in [-0.1, -0.05) is 20.8 Å². The molecule has 13 heavy (non-hydrogen) atoms. The fraction of sp³-hybridized carbons (Fsp3) is 1.00. The van der Waals surface area contributed by atoms with Gasteiger partial charge in [0, 0.05) is 12.0 Å². The molecular weight excluding hydrogens is 166 g/mol. The Hall–Kier alpha value is -0.120. The molecule has 0 amide bonds. The quantitative estimate of drug-likeness (QED) is 0.587. The van der Waals surface area contributed by atoms with Gasteiger partial charge in [0.1, 0.15) is 0 Å². The average Bonchev–Trinajstić information content (AvgIpc) is 2.11. The average molecular weight is 189 g/mol. The number of hydrogen-bond donors (Lipinski definition) is 1. The van der Waals surface area contributed by atoms with Crippen molar-refractivity contribution in [3.05, 3.63) is 0 Å². The van der Waals surface area contributed by atoms with Crippen LogP contribution in [0.2, 0.25) is 0 Å². The minimum absolute atomic E-state index is 0.0881. The van der Waals surface area contributed by atoms with Gasteiger partial charge in [0.05, 0.1) is 19.8 Å². The normalized spacial score (nSPS) is 12.0. The summed E-state index contributed by atoms with van der Waals surface area (Å²) >= 11 is 0. The predicted octanol–water partition coefficient (Wildman–Crippen LogP) is 1.41. The molecule has 0 fully saturated rings. The van der Waals surface area contributed by atoms with Crippen molar-refractivity contribution in [2.75, 3.05) is 33.0 Å². The number of hydrogen-bond acceptors (Lipinski definition) is 3. The smallest absolute Gasteiger partial charge is 0.0700 e. The highest BCUT2D eigenvalue weighted by molar-refractivity contribution is 4.67. The van der Waals surface area contributed by atoms with E-state index in [1.165, 1.54) is 0 Å². The van der Waals surface area contributed by atoms with E-state index in [1.807, 2.05) is 0 Å². The SMILES string of the molecule is CCCOCCOCC(C)(C)CN. The Morgan fingerprint density at radius 3 is 2.23 bits per heavy atom. The van der Waals surface area contributed by atoms with Gasteiger partial charge in [-0.25, -0.2) is 0 Å². The van der Waals surface area contributed by atoms with Crippen LogP contribution in [0.1, 0.15) is 27.2 Å². The standard InChI is InChI=1S/C10H23NO2/c1-4-5-12-6-7-13-9-10(2,3)8-11/h4-9,11H2,1-3H3. The summed E-state index contributed by atoms with van der Waals surface area (Å²) in [7, 11) is 0. The Bertz CT molecular complexity index is 115. The first kappa shape index (κ1) is 12.9. The van der Waals surface area contributed by atoms with E-state index in [0.717, 1.165) is 13.0 Å². The zero-order valence-corrected chi connectivity index (χ0v) is 9.14.